The summed E-state index contributed by atoms with van der Waals surface area (Å²) in [5, 5.41) is 12.0. The van der Waals surface area contributed by atoms with Crippen LogP contribution >= 0.6 is 0 Å². The number of amides is 2. The van der Waals surface area contributed by atoms with Crippen LogP contribution in [0.4, 0.5) is 4.79 Å². The zero-order valence-electron chi connectivity index (χ0n) is 16.8. The van der Waals surface area contributed by atoms with E-state index in [0.717, 1.165) is 23.8 Å². The number of pyridine rings is 1. The minimum atomic E-state index is -0.188. The smallest absolute Gasteiger partial charge is 0.318 e. The number of fused-ring (bicyclic) bond motifs is 1. The quantitative estimate of drug-likeness (QED) is 0.875. The highest BCUT2D eigenvalue weighted by Crippen LogP contribution is 2.35. The molecule has 2 unspecified atom stereocenters. The zero-order valence-corrected chi connectivity index (χ0v) is 16.8. The molecule has 8 heteroatoms. The molecule has 1 fully saturated rings. The van der Waals surface area contributed by atoms with E-state index in [-0.39, 0.29) is 18.1 Å². The van der Waals surface area contributed by atoms with Crippen molar-refractivity contribution in [3.63, 3.8) is 0 Å². The number of urea groups is 1. The van der Waals surface area contributed by atoms with E-state index in [2.05, 4.69) is 25.1 Å². The molecular formula is C20H28N6O2. The predicted molar refractivity (Wildman–Crippen MR) is 104 cm³/mol. The fourth-order valence-corrected chi connectivity index (χ4v) is 4.44. The topological polar surface area (TPSA) is 85.2 Å². The summed E-state index contributed by atoms with van der Waals surface area (Å²) in [6, 6.07) is 1.47. The standard InChI is InChI=1S/C20H28N6O2/c1-13(16-8-9-21-12-17(16)28-3)22-20(27)25-10-11-26-18(14(25)2)23-24-19(26)15-6-4-5-7-15/h8-9,12-15H,4-7,10-11H2,1-3H3,(H,22,27). The van der Waals surface area contributed by atoms with Gasteiger partial charge in [-0.3, -0.25) is 4.98 Å². The van der Waals surface area contributed by atoms with E-state index in [1.807, 2.05) is 24.8 Å². The van der Waals surface area contributed by atoms with Crippen molar-refractivity contribution in [2.75, 3.05) is 13.7 Å². The maximum absolute atomic E-state index is 13.0. The number of carbonyl (C=O) groups excluding carboxylic acids is 1. The molecule has 2 amide bonds. The van der Waals surface area contributed by atoms with Crippen LogP contribution in [0.3, 0.4) is 0 Å². The minimum Gasteiger partial charge on any atom is -0.495 e. The van der Waals surface area contributed by atoms with Gasteiger partial charge in [0.05, 0.1) is 25.4 Å². The van der Waals surface area contributed by atoms with Gasteiger partial charge in [0.25, 0.3) is 0 Å². The van der Waals surface area contributed by atoms with Crippen LogP contribution in [0.5, 0.6) is 5.75 Å². The number of hydrogen-bond donors (Lipinski definition) is 1. The number of aromatic nitrogens is 4. The van der Waals surface area contributed by atoms with Crippen molar-refractivity contribution < 1.29 is 9.53 Å². The molecule has 1 aliphatic heterocycles. The first-order chi connectivity index (χ1) is 13.6. The van der Waals surface area contributed by atoms with Gasteiger partial charge in [-0.05, 0) is 32.8 Å². The van der Waals surface area contributed by atoms with E-state index in [0.29, 0.717) is 18.2 Å². The highest BCUT2D eigenvalue weighted by molar-refractivity contribution is 5.75. The average Bonchev–Trinajstić information content (AvgIpc) is 3.37. The fourth-order valence-electron chi connectivity index (χ4n) is 4.44. The summed E-state index contributed by atoms with van der Waals surface area (Å²) in [4.78, 5) is 18.9. The van der Waals surface area contributed by atoms with E-state index in [1.54, 1.807) is 19.5 Å². The van der Waals surface area contributed by atoms with Crippen LogP contribution < -0.4 is 10.1 Å². The second-order valence-corrected chi connectivity index (χ2v) is 7.71. The van der Waals surface area contributed by atoms with Crippen LogP contribution in [0.1, 0.15) is 74.7 Å². The maximum atomic E-state index is 13.0. The van der Waals surface area contributed by atoms with Crippen molar-refractivity contribution in [3.8, 4) is 5.75 Å². The molecule has 2 atom stereocenters. The molecule has 0 aromatic carbocycles. The first-order valence-corrected chi connectivity index (χ1v) is 10.1. The van der Waals surface area contributed by atoms with Crippen LogP contribution in [-0.2, 0) is 6.54 Å². The van der Waals surface area contributed by atoms with Crippen molar-refractivity contribution in [1.82, 2.24) is 30.0 Å². The van der Waals surface area contributed by atoms with Crippen LogP contribution in [0.15, 0.2) is 18.5 Å². The summed E-state index contributed by atoms with van der Waals surface area (Å²) in [6.07, 6.45) is 8.30. The largest absolute Gasteiger partial charge is 0.495 e. The van der Waals surface area contributed by atoms with E-state index in [1.165, 1.54) is 25.7 Å². The van der Waals surface area contributed by atoms with E-state index in [9.17, 15) is 4.79 Å². The van der Waals surface area contributed by atoms with Gasteiger partial charge in [-0.2, -0.15) is 0 Å². The molecule has 2 aliphatic rings. The molecule has 0 saturated heterocycles. The number of hydrogen-bond acceptors (Lipinski definition) is 5. The first-order valence-electron chi connectivity index (χ1n) is 10.1. The fraction of sp³-hybridized carbons (Fsp3) is 0.600. The zero-order chi connectivity index (χ0) is 19.7. The van der Waals surface area contributed by atoms with Gasteiger partial charge in [-0.1, -0.05) is 12.8 Å². The van der Waals surface area contributed by atoms with Crippen molar-refractivity contribution in [1.29, 1.82) is 0 Å². The molecule has 2 aromatic rings. The number of nitrogens with one attached hydrogen (secondary N) is 1. The van der Waals surface area contributed by atoms with Gasteiger partial charge in [0.1, 0.15) is 11.6 Å². The van der Waals surface area contributed by atoms with Gasteiger partial charge in [0.2, 0.25) is 0 Å². The molecule has 4 rings (SSSR count). The molecule has 3 heterocycles. The Morgan fingerprint density at radius 3 is 2.75 bits per heavy atom. The van der Waals surface area contributed by atoms with Gasteiger partial charge in [-0.15, -0.1) is 10.2 Å². The summed E-state index contributed by atoms with van der Waals surface area (Å²) in [5.41, 5.74) is 0.905. The van der Waals surface area contributed by atoms with Crippen LogP contribution in [-0.4, -0.2) is 44.3 Å². The second-order valence-electron chi connectivity index (χ2n) is 7.71. The van der Waals surface area contributed by atoms with Gasteiger partial charge >= 0.3 is 6.03 Å². The van der Waals surface area contributed by atoms with Gasteiger partial charge in [0, 0.05) is 30.8 Å². The van der Waals surface area contributed by atoms with Crippen LogP contribution in [0, 0.1) is 0 Å². The van der Waals surface area contributed by atoms with Gasteiger partial charge < -0.3 is 19.5 Å². The Kier molecular flexibility index (Phi) is 5.19. The van der Waals surface area contributed by atoms with Crippen LogP contribution in [0.25, 0.3) is 0 Å². The molecule has 2 aromatic heterocycles. The highest BCUT2D eigenvalue weighted by Gasteiger charge is 2.34. The van der Waals surface area contributed by atoms with Crippen molar-refractivity contribution in [2.24, 2.45) is 0 Å². The summed E-state index contributed by atoms with van der Waals surface area (Å²) >= 11 is 0. The molecule has 28 heavy (non-hydrogen) atoms. The van der Waals surface area contributed by atoms with Crippen molar-refractivity contribution in [3.05, 3.63) is 35.7 Å². The van der Waals surface area contributed by atoms with Crippen molar-refractivity contribution in [2.45, 2.75) is 64.1 Å². The lowest BCUT2D eigenvalue weighted by Gasteiger charge is -2.35. The minimum absolute atomic E-state index is 0.101. The Bertz CT molecular complexity index is 845. The number of ether oxygens (including phenoxy) is 1. The van der Waals surface area contributed by atoms with E-state index in [4.69, 9.17) is 4.74 Å². The Morgan fingerprint density at radius 1 is 1.25 bits per heavy atom. The summed E-state index contributed by atoms with van der Waals surface area (Å²) in [5.74, 6) is 3.18. The SMILES string of the molecule is COc1cnccc1C(C)NC(=O)N1CCn2c(C3CCCC3)nnc2C1C. The number of rotatable bonds is 4. The third-order valence-electron chi connectivity index (χ3n) is 6.04. The third kappa shape index (κ3) is 3.31. The lowest BCUT2D eigenvalue weighted by molar-refractivity contribution is 0.156. The molecule has 1 aliphatic carbocycles. The van der Waals surface area contributed by atoms with E-state index >= 15 is 0 Å². The average molecular weight is 384 g/mol. The molecular weight excluding hydrogens is 356 g/mol. The summed E-state index contributed by atoms with van der Waals surface area (Å²) < 4.78 is 7.60. The summed E-state index contributed by atoms with van der Waals surface area (Å²) in [7, 11) is 1.61. The molecule has 0 radical (unpaired) electrons. The monoisotopic (exact) mass is 384 g/mol. The Labute approximate surface area is 165 Å². The summed E-state index contributed by atoms with van der Waals surface area (Å²) in [6.45, 7) is 5.37. The van der Waals surface area contributed by atoms with Crippen molar-refractivity contribution >= 4 is 6.03 Å². The normalized spacial score (nSPS) is 20.7. The number of methoxy groups -OCH3 is 1. The lowest BCUT2D eigenvalue weighted by Crippen LogP contribution is -2.47. The predicted octanol–water partition coefficient (Wildman–Crippen LogP) is 3.19. The maximum Gasteiger partial charge on any atom is 0.318 e. The highest BCUT2D eigenvalue weighted by atomic mass is 16.5. The van der Waals surface area contributed by atoms with E-state index < -0.39 is 0 Å². The van der Waals surface area contributed by atoms with Gasteiger partial charge in [0.15, 0.2) is 5.82 Å². The number of nitrogens with zero attached hydrogens (tertiary/aromatic N) is 5. The molecule has 8 nitrogen and oxygen atoms in total. The Morgan fingerprint density at radius 2 is 2.00 bits per heavy atom. The molecule has 0 bridgehead atoms. The number of carbonyl (C=O) groups is 1. The van der Waals surface area contributed by atoms with Crippen LogP contribution in [0.2, 0.25) is 0 Å². The molecule has 1 N–H and O–H groups in total. The third-order valence-corrected chi connectivity index (χ3v) is 6.04. The first kappa shape index (κ1) is 18.7. The Balaban J connectivity index is 1.47. The second kappa shape index (κ2) is 7.77. The molecule has 150 valence electrons. The lowest BCUT2D eigenvalue weighted by atomic mass is 10.1. The van der Waals surface area contributed by atoms with Gasteiger partial charge in [-0.25, -0.2) is 4.79 Å². The molecule has 1 saturated carbocycles. The molecule has 0 spiro atoms. The Hall–Kier alpha value is -2.64.